The fourth-order valence-corrected chi connectivity index (χ4v) is 3.48. The van der Waals surface area contributed by atoms with E-state index in [2.05, 4.69) is 20.8 Å². The molecule has 0 unspecified atom stereocenters. The Morgan fingerprint density at radius 2 is 1.83 bits per heavy atom. The molecule has 0 fully saturated rings. The first-order chi connectivity index (χ1) is 16.7. The number of anilines is 2. The summed E-state index contributed by atoms with van der Waals surface area (Å²) in [6.07, 6.45) is 1.43. The van der Waals surface area contributed by atoms with E-state index in [1.54, 1.807) is 49.6 Å². The van der Waals surface area contributed by atoms with Crippen LogP contribution in [0.3, 0.4) is 0 Å². The third-order valence-electron chi connectivity index (χ3n) is 4.54. The number of halogens is 3. The number of nitrogens with zero attached hydrogens (tertiary/aromatic N) is 2. The number of hydrazone groups is 1. The van der Waals surface area contributed by atoms with Crippen LogP contribution in [0.2, 0.25) is 15.2 Å². The number of nitrogens with one attached hydrogen (secondary N) is 2. The number of benzene rings is 2. The van der Waals surface area contributed by atoms with Crippen LogP contribution in [0.25, 0.3) is 0 Å². The van der Waals surface area contributed by atoms with Crippen molar-refractivity contribution >= 4 is 64.2 Å². The Kier molecular flexibility index (Phi) is 8.75. The molecule has 0 aliphatic heterocycles. The van der Waals surface area contributed by atoms with Gasteiger partial charge < -0.3 is 20.5 Å². The minimum absolute atomic E-state index is 0.0339. The summed E-state index contributed by atoms with van der Waals surface area (Å²) in [6.45, 7) is 1.65. The minimum atomic E-state index is -0.712. The van der Waals surface area contributed by atoms with Crippen LogP contribution in [0.4, 0.5) is 11.4 Å². The third kappa shape index (κ3) is 6.75. The lowest BCUT2D eigenvalue weighted by Gasteiger charge is -2.12. The van der Waals surface area contributed by atoms with Gasteiger partial charge in [0.1, 0.15) is 23.1 Å². The molecule has 182 valence electrons. The fourth-order valence-electron chi connectivity index (χ4n) is 2.89. The van der Waals surface area contributed by atoms with Crippen molar-refractivity contribution in [3.05, 3.63) is 74.5 Å². The van der Waals surface area contributed by atoms with Crippen LogP contribution in [0.1, 0.15) is 28.5 Å². The van der Waals surface area contributed by atoms with Gasteiger partial charge in [0.2, 0.25) is 5.91 Å². The van der Waals surface area contributed by atoms with Crippen molar-refractivity contribution < 1.29 is 19.1 Å². The SMILES string of the molecule is COc1ccc(C=NNC(=O)c2nc(Cl)c(Cl)c(N)c2Cl)cc1COc1ccc(NC(C)=O)cc1. The van der Waals surface area contributed by atoms with Crippen LogP contribution >= 0.6 is 34.8 Å². The number of hydrogen-bond acceptors (Lipinski definition) is 7. The molecule has 1 heterocycles. The van der Waals surface area contributed by atoms with Gasteiger partial charge in [0.25, 0.3) is 5.91 Å². The van der Waals surface area contributed by atoms with Crippen LogP contribution in [0.5, 0.6) is 11.5 Å². The first-order valence-corrected chi connectivity index (χ1v) is 11.1. The van der Waals surface area contributed by atoms with Gasteiger partial charge in [0.15, 0.2) is 10.8 Å². The summed E-state index contributed by atoms with van der Waals surface area (Å²) >= 11 is 17.8. The molecular formula is C23H20Cl3N5O4. The van der Waals surface area contributed by atoms with Gasteiger partial charge in [-0.15, -0.1) is 0 Å². The Hall–Kier alpha value is -3.53. The zero-order chi connectivity index (χ0) is 25.5. The molecule has 0 spiro atoms. The zero-order valence-corrected chi connectivity index (χ0v) is 20.8. The number of pyridine rings is 1. The maximum atomic E-state index is 12.4. The molecule has 0 saturated heterocycles. The van der Waals surface area contributed by atoms with Gasteiger partial charge in [-0.05, 0) is 48.0 Å². The largest absolute Gasteiger partial charge is 0.496 e. The number of ether oxygens (including phenoxy) is 2. The fraction of sp³-hybridized carbons (Fsp3) is 0.130. The quantitative estimate of drug-likeness (QED) is 0.213. The highest BCUT2D eigenvalue weighted by molar-refractivity contribution is 6.46. The van der Waals surface area contributed by atoms with Crippen molar-refractivity contribution in [2.45, 2.75) is 13.5 Å². The number of amides is 2. The standard InChI is InChI=1S/C23H20Cl3N5O4/c1-12(32)29-15-4-6-16(7-5-15)35-11-14-9-13(3-8-17(14)34-2)10-28-31-23(33)21-18(24)20(27)19(25)22(26)30-21/h3-10H,11H2,1-2H3,(H2,27,30)(H,29,32)(H,31,33). The summed E-state index contributed by atoms with van der Waals surface area (Å²) < 4.78 is 11.2. The van der Waals surface area contributed by atoms with Gasteiger partial charge in [-0.25, -0.2) is 10.4 Å². The van der Waals surface area contributed by atoms with E-state index in [4.69, 9.17) is 50.0 Å². The van der Waals surface area contributed by atoms with E-state index < -0.39 is 5.91 Å². The van der Waals surface area contributed by atoms with Crippen LogP contribution in [-0.4, -0.2) is 30.1 Å². The first kappa shape index (κ1) is 26.1. The number of rotatable bonds is 8. The summed E-state index contributed by atoms with van der Waals surface area (Å²) in [5.74, 6) is 0.357. The van der Waals surface area contributed by atoms with Crippen molar-refractivity contribution in [3.8, 4) is 11.5 Å². The zero-order valence-electron chi connectivity index (χ0n) is 18.6. The lowest BCUT2D eigenvalue weighted by Crippen LogP contribution is -2.20. The molecule has 2 aromatic carbocycles. The Bertz CT molecular complexity index is 1280. The molecule has 0 atom stereocenters. The van der Waals surface area contributed by atoms with E-state index in [-0.39, 0.29) is 39.1 Å². The maximum absolute atomic E-state index is 12.4. The highest BCUT2D eigenvalue weighted by atomic mass is 35.5. The monoisotopic (exact) mass is 535 g/mol. The third-order valence-corrected chi connectivity index (χ3v) is 5.68. The molecule has 0 bridgehead atoms. The van der Waals surface area contributed by atoms with Crippen LogP contribution in [0.15, 0.2) is 47.6 Å². The number of nitrogen functional groups attached to an aromatic ring is 1. The van der Waals surface area contributed by atoms with Gasteiger partial charge in [-0.3, -0.25) is 9.59 Å². The molecule has 9 nitrogen and oxygen atoms in total. The highest BCUT2D eigenvalue weighted by Crippen LogP contribution is 2.34. The van der Waals surface area contributed by atoms with E-state index in [1.165, 1.54) is 13.1 Å². The van der Waals surface area contributed by atoms with Gasteiger partial charge >= 0.3 is 0 Å². The van der Waals surface area contributed by atoms with Gasteiger partial charge in [-0.2, -0.15) is 5.10 Å². The Balaban J connectivity index is 1.68. The van der Waals surface area contributed by atoms with Crippen LogP contribution < -0.4 is 25.9 Å². The number of hydrogen-bond donors (Lipinski definition) is 3. The average molecular weight is 537 g/mol. The number of nitrogens with two attached hydrogens (primary N) is 1. The summed E-state index contributed by atoms with van der Waals surface area (Å²) in [5.41, 5.74) is 9.88. The summed E-state index contributed by atoms with van der Waals surface area (Å²) in [4.78, 5) is 27.4. The summed E-state index contributed by atoms with van der Waals surface area (Å²) in [6, 6.07) is 12.3. The second kappa shape index (κ2) is 11.7. The van der Waals surface area contributed by atoms with E-state index in [1.807, 2.05) is 0 Å². The molecule has 1 aromatic heterocycles. The summed E-state index contributed by atoms with van der Waals surface area (Å²) in [7, 11) is 1.55. The molecule has 3 rings (SSSR count). The number of carbonyl (C=O) groups excluding carboxylic acids is 2. The molecule has 4 N–H and O–H groups in total. The average Bonchev–Trinajstić information content (AvgIpc) is 2.84. The smallest absolute Gasteiger partial charge is 0.291 e. The van der Waals surface area contributed by atoms with Crippen LogP contribution in [-0.2, 0) is 11.4 Å². The highest BCUT2D eigenvalue weighted by Gasteiger charge is 2.19. The molecule has 0 aliphatic carbocycles. The molecular weight excluding hydrogens is 517 g/mol. The molecule has 0 aliphatic rings. The normalized spacial score (nSPS) is 10.8. The number of aromatic nitrogens is 1. The first-order valence-electron chi connectivity index (χ1n) is 10.00. The summed E-state index contributed by atoms with van der Waals surface area (Å²) in [5, 5.41) is 6.32. The van der Waals surface area contributed by atoms with Crippen LogP contribution in [0, 0.1) is 0 Å². The van der Waals surface area contributed by atoms with E-state index >= 15 is 0 Å². The second-order valence-corrected chi connectivity index (χ2v) is 8.17. The predicted molar refractivity (Wildman–Crippen MR) is 137 cm³/mol. The Morgan fingerprint density at radius 1 is 1.11 bits per heavy atom. The van der Waals surface area contributed by atoms with E-state index in [0.717, 1.165) is 5.56 Å². The van der Waals surface area contributed by atoms with Gasteiger partial charge in [0, 0.05) is 18.2 Å². The van der Waals surface area contributed by atoms with Crippen molar-refractivity contribution in [1.29, 1.82) is 0 Å². The number of methoxy groups -OCH3 is 1. The van der Waals surface area contributed by atoms with Gasteiger partial charge in [-0.1, -0.05) is 34.8 Å². The number of carbonyl (C=O) groups is 2. The Morgan fingerprint density at radius 3 is 2.49 bits per heavy atom. The Labute approximate surface area is 216 Å². The molecule has 35 heavy (non-hydrogen) atoms. The molecule has 12 heteroatoms. The van der Waals surface area contributed by atoms with E-state index in [9.17, 15) is 9.59 Å². The van der Waals surface area contributed by atoms with Crippen molar-refractivity contribution in [3.63, 3.8) is 0 Å². The predicted octanol–water partition coefficient (Wildman–Crippen LogP) is 4.93. The molecule has 3 aromatic rings. The lowest BCUT2D eigenvalue weighted by molar-refractivity contribution is -0.114. The minimum Gasteiger partial charge on any atom is -0.496 e. The lowest BCUT2D eigenvalue weighted by atomic mass is 10.1. The van der Waals surface area contributed by atoms with Crippen molar-refractivity contribution in [1.82, 2.24) is 10.4 Å². The van der Waals surface area contributed by atoms with Crippen molar-refractivity contribution in [2.75, 3.05) is 18.2 Å². The van der Waals surface area contributed by atoms with Gasteiger partial charge in [0.05, 0.1) is 24.0 Å². The molecule has 2 amide bonds. The topological polar surface area (TPSA) is 128 Å². The van der Waals surface area contributed by atoms with E-state index in [0.29, 0.717) is 22.7 Å². The second-order valence-electron chi connectivity index (χ2n) is 7.06. The van der Waals surface area contributed by atoms with Crippen molar-refractivity contribution in [2.24, 2.45) is 5.10 Å². The molecule has 0 radical (unpaired) electrons. The molecule has 0 saturated carbocycles. The maximum Gasteiger partial charge on any atom is 0.291 e.